The first-order valence-corrected chi connectivity index (χ1v) is 9.45. The molecule has 1 aromatic heterocycles. The molecule has 7 nitrogen and oxygen atoms in total. The lowest BCUT2D eigenvalue weighted by Gasteiger charge is -2.23. The Labute approximate surface area is 169 Å². The van der Waals surface area contributed by atoms with Gasteiger partial charge in [0.25, 0.3) is 11.5 Å². The number of nitrogens with one attached hydrogen (secondary N) is 1. The average Bonchev–Trinajstić information content (AvgIpc) is 2.69. The summed E-state index contributed by atoms with van der Waals surface area (Å²) in [6, 6.07) is 16.0. The highest BCUT2D eigenvalue weighted by Crippen LogP contribution is 2.21. The monoisotopic (exact) mass is 442 g/mol. The molecule has 0 radical (unpaired) electrons. The molecule has 0 spiro atoms. The molecule has 0 atom stereocenters. The molecule has 3 rings (SSSR count). The fourth-order valence-electron chi connectivity index (χ4n) is 2.91. The van der Waals surface area contributed by atoms with Crippen LogP contribution in [0.15, 0.2) is 68.7 Å². The number of hydrogen-bond donors (Lipinski definition) is 2. The maximum Gasteiger partial charge on any atom is 0.330 e. The van der Waals surface area contributed by atoms with Crippen LogP contribution in [0.25, 0.3) is 0 Å². The summed E-state index contributed by atoms with van der Waals surface area (Å²) in [5, 5.41) is 0. The second-order valence-electron chi connectivity index (χ2n) is 6.12. The Kier molecular flexibility index (Phi) is 5.79. The summed E-state index contributed by atoms with van der Waals surface area (Å²) in [6.45, 7) is 2.13. The lowest BCUT2D eigenvalue weighted by Crippen LogP contribution is -2.41. The Morgan fingerprint density at radius 2 is 1.75 bits per heavy atom. The Morgan fingerprint density at radius 3 is 2.36 bits per heavy atom. The molecule has 3 aromatic rings. The minimum Gasteiger partial charge on any atom is -0.383 e. The Bertz CT molecular complexity index is 1110. The zero-order valence-electron chi connectivity index (χ0n) is 15.2. The average molecular weight is 443 g/mol. The third-order valence-corrected chi connectivity index (χ3v) is 4.85. The van der Waals surface area contributed by atoms with E-state index < -0.39 is 11.2 Å². The minimum absolute atomic E-state index is 0.0362. The number of halogens is 1. The van der Waals surface area contributed by atoms with Crippen molar-refractivity contribution in [1.82, 2.24) is 9.55 Å². The van der Waals surface area contributed by atoms with E-state index in [1.807, 2.05) is 30.3 Å². The Morgan fingerprint density at radius 1 is 1.11 bits per heavy atom. The molecule has 1 amide bonds. The topological polar surface area (TPSA) is 101 Å². The lowest BCUT2D eigenvalue weighted by atomic mass is 10.2. The number of carbonyl (C=O) groups is 1. The largest absolute Gasteiger partial charge is 0.383 e. The third kappa shape index (κ3) is 3.91. The lowest BCUT2D eigenvalue weighted by molar-refractivity contribution is 0.0988. The first kappa shape index (κ1) is 19.6. The molecule has 3 N–H and O–H groups in total. The van der Waals surface area contributed by atoms with Gasteiger partial charge in [-0.25, -0.2) is 4.79 Å². The van der Waals surface area contributed by atoms with Gasteiger partial charge in [-0.05, 0) is 36.8 Å². The van der Waals surface area contributed by atoms with Gasteiger partial charge in [-0.1, -0.05) is 46.3 Å². The number of aromatic nitrogens is 2. The number of nitrogens with zero attached hydrogens (tertiary/aromatic N) is 2. The number of rotatable bonds is 5. The summed E-state index contributed by atoms with van der Waals surface area (Å²) in [5.41, 5.74) is 6.09. The molecule has 1 heterocycles. The van der Waals surface area contributed by atoms with Crippen LogP contribution in [-0.4, -0.2) is 22.0 Å². The predicted octanol–water partition coefficient (Wildman–Crippen LogP) is 2.60. The van der Waals surface area contributed by atoms with Gasteiger partial charge in [0.15, 0.2) is 5.69 Å². The van der Waals surface area contributed by atoms with E-state index >= 15 is 0 Å². The highest BCUT2D eigenvalue weighted by Gasteiger charge is 2.24. The fraction of sp³-hybridized carbons (Fsp3) is 0.150. The van der Waals surface area contributed by atoms with Gasteiger partial charge in [0.2, 0.25) is 0 Å². The summed E-state index contributed by atoms with van der Waals surface area (Å²) in [5.74, 6) is -0.429. The van der Waals surface area contributed by atoms with Crippen molar-refractivity contribution >= 4 is 33.3 Å². The van der Waals surface area contributed by atoms with E-state index in [-0.39, 0.29) is 30.5 Å². The summed E-state index contributed by atoms with van der Waals surface area (Å²) < 4.78 is 2.09. The van der Waals surface area contributed by atoms with Gasteiger partial charge in [-0.15, -0.1) is 0 Å². The van der Waals surface area contributed by atoms with Crippen molar-refractivity contribution < 1.29 is 4.79 Å². The van der Waals surface area contributed by atoms with Gasteiger partial charge < -0.3 is 10.6 Å². The maximum atomic E-state index is 13.0. The second-order valence-corrected chi connectivity index (χ2v) is 7.04. The van der Waals surface area contributed by atoms with E-state index in [1.54, 1.807) is 31.2 Å². The predicted molar refractivity (Wildman–Crippen MR) is 113 cm³/mol. The van der Waals surface area contributed by atoms with Crippen LogP contribution in [0.5, 0.6) is 0 Å². The number of hydrogen-bond acceptors (Lipinski definition) is 4. The van der Waals surface area contributed by atoms with Gasteiger partial charge >= 0.3 is 5.69 Å². The zero-order chi connectivity index (χ0) is 20.3. The van der Waals surface area contributed by atoms with Crippen LogP contribution >= 0.6 is 15.9 Å². The number of anilines is 2. The molecule has 8 heteroatoms. The summed E-state index contributed by atoms with van der Waals surface area (Å²) in [4.78, 5) is 41.3. The number of nitrogens with two attached hydrogens (primary N) is 1. The van der Waals surface area contributed by atoms with E-state index in [9.17, 15) is 14.4 Å². The number of H-pyrrole nitrogens is 1. The van der Waals surface area contributed by atoms with Gasteiger partial charge in [0, 0.05) is 16.6 Å². The molecule has 0 aliphatic carbocycles. The Hall–Kier alpha value is -3.13. The van der Waals surface area contributed by atoms with Crippen LogP contribution in [-0.2, 0) is 6.54 Å². The molecule has 0 bridgehead atoms. The molecule has 0 fully saturated rings. The van der Waals surface area contributed by atoms with Crippen LogP contribution in [0.2, 0.25) is 0 Å². The van der Waals surface area contributed by atoms with Gasteiger partial charge in [-0.2, -0.15) is 0 Å². The highest BCUT2D eigenvalue weighted by atomic mass is 79.9. The zero-order valence-corrected chi connectivity index (χ0v) is 16.8. The van der Waals surface area contributed by atoms with E-state index in [1.165, 1.54) is 9.47 Å². The van der Waals surface area contributed by atoms with E-state index in [4.69, 9.17) is 5.73 Å². The van der Waals surface area contributed by atoms with Crippen LogP contribution in [0.3, 0.4) is 0 Å². The summed E-state index contributed by atoms with van der Waals surface area (Å²) in [7, 11) is 0. The van der Waals surface area contributed by atoms with Gasteiger partial charge in [-0.3, -0.25) is 19.1 Å². The normalized spacial score (nSPS) is 10.6. The molecular weight excluding hydrogens is 424 g/mol. The fourth-order valence-corrected chi connectivity index (χ4v) is 3.18. The molecule has 28 heavy (non-hydrogen) atoms. The smallest absolute Gasteiger partial charge is 0.330 e. The van der Waals surface area contributed by atoms with Crippen molar-refractivity contribution in [1.29, 1.82) is 0 Å². The summed E-state index contributed by atoms with van der Waals surface area (Å²) in [6.07, 6.45) is 0. The number of amides is 1. The Balaban J connectivity index is 2.07. The van der Waals surface area contributed by atoms with E-state index in [0.29, 0.717) is 5.56 Å². The molecule has 0 aliphatic heterocycles. The second kappa shape index (κ2) is 8.26. The highest BCUT2D eigenvalue weighted by molar-refractivity contribution is 9.10. The molecule has 0 unspecified atom stereocenters. The molecular formula is C20H19BrN4O3. The minimum atomic E-state index is -0.695. The number of benzene rings is 2. The van der Waals surface area contributed by atoms with E-state index in [0.717, 1.165) is 10.0 Å². The van der Waals surface area contributed by atoms with Crippen molar-refractivity contribution in [3.8, 4) is 0 Å². The van der Waals surface area contributed by atoms with Gasteiger partial charge in [0.1, 0.15) is 5.82 Å². The van der Waals surface area contributed by atoms with Crippen molar-refractivity contribution in [3.05, 3.63) is 91.0 Å². The first-order chi connectivity index (χ1) is 13.4. The van der Waals surface area contributed by atoms with Crippen molar-refractivity contribution in [2.75, 3.05) is 17.2 Å². The third-order valence-electron chi connectivity index (χ3n) is 4.32. The van der Waals surface area contributed by atoms with Crippen molar-refractivity contribution in [2.24, 2.45) is 0 Å². The van der Waals surface area contributed by atoms with Crippen LogP contribution in [0.1, 0.15) is 22.8 Å². The molecule has 2 aromatic carbocycles. The molecule has 0 saturated carbocycles. The van der Waals surface area contributed by atoms with Crippen molar-refractivity contribution in [2.45, 2.75) is 13.5 Å². The van der Waals surface area contributed by atoms with Crippen LogP contribution < -0.4 is 21.9 Å². The number of carbonyl (C=O) groups excluding carboxylic acids is 1. The molecule has 144 valence electrons. The first-order valence-electron chi connectivity index (χ1n) is 8.66. The van der Waals surface area contributed by atoms with Gasteiger partial charge in [0.05, 0.1) is 6.54 Å². The molecule has 0 saturated heterocycles. The standard InChI is InChI=1S/C20H19BrN4O3/c1-2-24(19(27)14-8-10-15(21)11-9-14)16-17(22)25(20(28)23-18(16)26)12-13-6-4-3-5-7-13/h3-11H,2,12,22H2,1H3,(H,23,26,28). The number of aromatic amines is 1. The van der Waals surface area contributed by atoms with Crippen molar-refractivity contribution in [3.63, 3.8) is 0 Å². The SMILES string of the molecule is CCN(C(=O)c1ccc(Br)cc1)c1c(N)n(Cc2ccccc2)c(=O)[nH]c1=O. The molecule has 0 aliphatic rings. The van der Waals surface area contributed by atoms with Crippen LogP contribution in [0.4, 0.5) is 11.5 Å². The quantitative estimate of drug-likeness (QED) is 0.633. The van der Waals surface area contributed by atoms with E-state index in [2.05, 4.69) is 20.9 Å². The van der Waals surface area contributed by atoms with Crippen LogP contribution in [0, 0.1) is 0 Å². The maximum absolute atomic E-state index is 13.0. The number of nitrogen functional groups attached to an aromatic ring is 1. The summed E-state index contributed by atoms with van der Waals surface area (Å²) >= 11 is 3.33.